The zero-order valence-electron chi connectivity index (χ0n) is 17.7. The molecule has 1 amide bonds. The molecule has 32 heavy (non-hydrogen) atoms. The highest BCUT2D eigenvalue weighted by atomic mass is 32.2. The number of hydrogen-bond acceptors (Lipinski definition) is 6. The quantitative estimate of drug-likeness (QED) is 0.631. The predicted molar refractivity (Wildman–Crippen MR) is 121 cm³/mol. The van der Waals surface area contributed by atoms with Crippen LogP contribution in [-0.2, 0) is 27.6 Å². The molecule has 2 aliphatic rings. The second kappa shape index (κ2) is 9.11. The average Bonchev–Trinajstić information content (AvgIpc) is 3.21. The number of aliphatic imine (C=N–C) groups is 1. The summed E-state index contributed by atoms with van der Waals surface area (Å²) in [5.41, 5.74) is 1.55. The van der Waals surface area contributed by atoms with E-state index in [2.05, 4.69) is 4.99 Å². The van der Waals surface area contributed by atoms with Gasteiger partial charge in [0.15, 0.2) is 26.5 Å². The van der Waals surface area contributed by atoms with E-state index >= 15 is 0 Å². The molecule has 2 heterocycles. The van der Waals surface area contributed by atoms with Crippen LogP contribution >= 0.6 is 11.8 Å². The van der Waals surface area contributed by atoms with E-state index in [4.69, 9.17) is 9.47 Å². The van der Waals surface area contributed by atoms with Crippen LogP contribution in [0.4, 0.5) is 4.39 Å². The molecule has 0 saturated carbocycles. The molecule has 0 aliphatic carbocycles. The Hall–Kier alpha value is -2.59. The highest BCUT2D eigenvalue weighted by molar-refractivity contribution is 8.15. The average molecular weight is 479 g/mol. The molecular formula is C22H23FN2O5S2. The molecule has 0 unspecified atom stereocenters. The lowest BCUT2D eigenvalue weighted by Gasteiger charge is -2.24. The Morgan fingerprint density at radius 1 is 1.09 bits per heavy atom. The molecule has 10 heteroatoms. The van der Waals surface area contributed by atoms with Gasteiger partial charge < -0.3 is 14.4 Å². The van der Waals surface area contributed by atoms with Crippen molar-refractivity contribution in [1.82, 2.24) is 4.90 Å². The second-order valence-corrected chi connectivity index (χ2v) is 11.1. The minimum Gasteiger partial charge on any atom is -0.493 e. The smallest absolute Gasteiger partial charge is 0.252 e. The predicted octanol–water partition coefficient (Wildman–Crippen LogP) is 2.68. The minimum atomic E-state index is -3.14. The number of rotatable bonds is 6. The maximum absolute atomic E-state index is 13.3. The van der Waals surface area contributed by atoms with Gasteiger partial charge in [0.1, 0.15) is 5.82 Å². The van der Waals surface area contributed by atoms with Gasteiger partial charge in [0.05, 0.1) is 38.2 Å². The number of carbonyl (C=O) groups excluding carboxylic acids is 1. The summed E-state index contributed by atoms with van der Waals surface area (Å²) in [6.07, 6.45) is 0.0719. The molecule has 0 spiro atoms. The van der Waals surface area contributed by atoms with Crippen molar-refractivity contribution < 1.29 is 27.1 Å². The lowest BCUT2D eigenvalue weighted by atomic mass is 10.1. The standard InChI is InChI=1S/C22H23FN2O5S2/c1-29-18-8-5-15(9-19(18)30-2)10-21(26)24-22-25(11-14-3-6-16(23)7-4-14)17-12-32(27,28)13-20(17)31-22/h3-9,17,20H,10-13H2,1-2H3/t17-,20-/m1/s1. The Morgan fingerprint density at radius 3 is 2.47 bits per heavy atom. The zero-order chi connectivity index (χ0) is 22.9. The highest BCUT2D eigenvalue weighted by Crippen LogP contribution is 2.39. The third kappa shape index (κ3) is 4.91. The molecule has 7 nitrogen and oxygen atoms in total. The maximum Gasteiger partial charge on any atom is 0.252 e. The molecule has 2 aromatic rings. The molecule has 2 atom stereocenters. The van der Waals surface area contributed by atoms with E-state index in [0.717, 1.165) is 11.1 Å². The molecule has 0 N–H and O–H groups in total. The van der Waals surface area contributed by atoms with Crippen LogP contribution in [-0.4, -0.2) is 61.4 Å². The summed E-state index contributed by atoms with van der Waals surface area (Å²) in [6.45, 7) is 0.354. The van der Waals surface area contributed by atoms with Gasteiger partial charge >= 0.3 is 0 Å². The number of thioether (sulfide) groups is 1. The fourth-order valence-corrected chi connectivity index (χ4v) is 7.89. The fraction of sp³-hybridized carbons (Fsp3) is 0.364. The van der Waals surface area contributed by atoms with Gasteiger partial charge in [0.2, 0.25) is 0 Å². The van der Waals surface area contributed by atoms with Gasteiger partial charge in [0.25, 0.3) is 5.91 Å². The van der Waals surface area contributed by atoms with Crippen molar-refractivity contribution in [2.75, 3.05) is 25.7 Å². The molecule has 2 fully saturated rings. The van der Waals surface area contributed by atoms with E-state index in [1.807, 2.05) is 4.90 Å². The molecule has 4 rings (SSSR count). The van der Waals surface area contributed by atoms with Gasteiger partial charge in [-0.05, 0) is 35.4 Å². The minimum absolute atomic E-state index is 0.0226. The first kappa shape index (κ1) is 22.6. The van der Waals surface area contributed by atoms with E-state index in [0.29, 0.717) is 23.2 Å². The molecule has 2 saturated heterocycles. The zero-order valence-corrected chi connectivity index (χ0v) is 19.3. The third-order valence-electron chi connectivity index (χ3n) is 5.46. The number of methoxy groups -OCH3 is 2. The number of sulfone groups is 1. The number of benzene rings is 2. The normalized spacial score (nSPS) is 22.7. The van der Waals surface area contributed by atoms with E-state index < -0.39 is 9.84 Å². The lowest BCUT2D eigenvalue weighted by Crippen LogP contribution is -2.37. The summed E-state index contributed by atoms with van der Waals surface area (Å²) in [5, 5.41) is 0.331. The summed E-state index contributed by atoms with van der Waals surface area (Å²) in [6, 6.07) is 11.0. The van der Waals surface area contributed by atoms with Crippen molar-refractivity contribution in [3.05, 3.63) is 59.4 Å². The maximum atomic E-state index is 13.3. The monoisotopic (exact) mass is 478 g/mol. The van der Waals surface area contributed by atoms with Crippen LogP contribution in [0.15, 0.2) is 47.5 Å². The summed E-state index contributed by atoms with van der Waals surface area (Å²) in [4.78, 5) is 18.9. The third-order valence-corrected chi connectivity index (χ3v) is 8.71. The first-order chi connectivity index (χ1) is 15.3. The van der Waals surface area contributed by atoms with E-state index in [1.54, 1.807) is 37.4 Å². The molecule has 170 valence electrons. The highest BCUT2D eigenvalue weighted by Gasteiger charge is 2.48. The van der Waals surface area contributed by atoms with Crippen molar-refractivity contribution in [1.29, 1.82) is 0 Å². The fourth-order valence-electron chi connectivity index (χ4n) is 3.92. The van der Waals surface area contributed by atoms with Gasteiger partial charge in [-0.2, -0.15) is 4.99 Å². The number of halogens is 1. The number of ether oxygens (including phenoxy) is 2. The SMILES string of the molecule is COc1ccc(CC(=O)N=C2S[C@@H]3CS(=O)(=O)C[C@H]3N2Cc2ccc(F)cc2)cc1OC. The molecular weight excluding hydrogens is 455 g/mol. The first-order valence-corrected chi connectivity index (χ1v) is 12.7. The van der Waals surface area contributed by atoms with E-state index in [1.165, 1.54) is 31.0 Å². The summed E-state index contributed by atoms with van der Waals surface area (Å²) >= 11 is 1.32. The van der Waals surface area contributed by atoms with Gasteiger partial charge in [-0.1, -0.05) is 30.0 Å². The van der Waals surface area contributed by atoms with E-state index in [-0.39, 0.29) is 40.9 Å². The number of fused-ring (bicyclic) bond motifs is 1. The van der Waals surface area contributed by atoms with Crippen LogP contribution in [0.3, 0.4) is 0 Å². The van der Waals surface area contributed by atoms with Crippen LogP contribution in [0.25, 0.3) is 0 Å². The number of nitrogens with zero attached hydrogens (tertiary/aromatic N) is 2. The van der Waals surface area contributed by atoms with Gasteiger partial charge in [-0.25, -0.2) is 12.8 Å². The molecule has 0 radical (unpaired) electrons. The Bertz CT molecular complexity index is 1150. The Labute approximate surface area is 190 Å². The Balaban J connectivity index is 1.56. The van der Waals surface area contributed by atoms with Crippen molar-refractivity contribution in [3.63, 3.8) is 0 Å². The molecule has 0 aromatic heterocycles. The van der Waals surface area contributed by atoms with Crippen LogP contribution in [0.2, 0.25) is 0 Å². The van der Waals surface area contributed by atoms with Crippen molar-refractivity contribution in [3.8, 4) is 11.5 Å². The van der Waals surface area contributed by atoms with Gasteiger partial charge in [0, 0.05) is 11.8 Å². The Morgan fingerprint density at radius 2 is 1.78 bits per heavy atom. The van der Waals surface area contributed by atoms with Gasteiger partial charge in [-0.15, -0.1) is 0 Å². The first-order valence-electron chi connectivity index (χ1n) is 9.98. The summed E-state index contributed by atoms with van der Waals surface area (Å²) in [7, 11) is -0.0732. The van der Waals surface area contributed by atoms with Crippen LogP contribution < -0.4 is 9.47 Å². The van der Waals surface area contributed by atoms with Crippen LogP contribution in [0.1, 0.15) is 11.1 Å². The molecule has 0 bridgehead atoms. The van der Waals surface area contributed by atoms with Crippen molar-refractivity contribution >= 4 is 32.7 Å². The second-order valence-electron chi connectivity index (χ2n) is 7.71. The van der Waals surface area contributed by atoms with Gasteiger partial charge in [-0.3, -0.25) is 4.79 Å². The number of hydrogen-bond donors (Lipinski definition) is 0. The number of amidine groups is 1. The lowest BCUT2D eigenvalue weighted by molar-refractivity contribution is -0.117. The van der Waals surface area contributed by atoms with Crippen LogP contribution in [0.5, 0.6) is 11.5 Å². The Kier molecular flexibility index (Phi) is 6.43. The van der Waals surface area contributed by atoms with E-state index in [9.17, 15) is 17.6 Å². The summed E-state index contributed by atoms with van der Waals surface area (Å²) in [5.74, 6) is 0.496. The van der Waals surface area contributed by atoms with Crippen molar-refractivity contribution in [2.45, 2.75) is 24.3 Å². The topological polar surface area (TPSA) is 85.3 Å². The van der Waals surface area contributed by atoms with Crippen molar-refractivity contribution in [2.24, 2.45) is 4.99 Å². The number of carbonyl (C=O) groups is 1. The summed E-state index contributed by atoms with van der Waals surface area (Å²) < 4.78 is 48.1. The molecule has 2 aliphatic heterocycles. The molecule has 2 aromatic carbocycles. The number of amides is 1. The van der Waals surface area contributed by atoms with Crippen LogP contribution in [0, 0.1) is 5.82 Å². The largest absolute Gasteiger partial charge is 0.493 e.